The smallest absolute Gasteiger partial charge is 0.117 e. The largest absolute Gasteiger partial charge is 0.291 e. The molecule has 0 saturated carbocycles. The van der Waals surface area contributed by atoms with Crippen LogP contribution < -0.4 is 5.32 Å². The van der Waals surface area contributed by atoms with E-state index in [0.717, 1.165) is 13.1 Å². The first-order valence-electron chi connectivity index (χ1n) is 2.38. The minimum absolute atomic E-state index is 0.410. The predicted molar refractivity (Wildman–Crippen MR) is 33.3 cm³/mol. The standard InChI is InChI=1S/C4H9BrN2/c1-7-3-2-6-4(7)5/h4,6H,2-3H2,1H3. The van der Waals surface area contributed by atoms with Crippen LogP contribution in [0.5, 0.6) is 0 Å². The van der Waals surface area contributed by atoms with E-state index < -0.39 is 0 Å². The topological polar surface area (TPSA) is 15.3 Å². The quantitative estimate of drug-likeness (QED) is 0.407. The molecule has 1 heterocycles. The molecule has 0 aliphatic carbocycles. The molecule has 1 unspecified atom stereocenters. The Morgan fingerprint density at radius 1 is 1.86 bits per heavy atom. The third-order valence-electron chi connectivity index (χ3n) is 1.16. The Morgan fingerprint density at radius 3 is 2.71 bits per heavy atom. The second-order valence-electron chi connectivity index (χ2n) is 1.77. The molecule has 0 amide bonds. The molecule has 0 aromatic rings. The van der Waals surface area contributed by atoms with Crippen LogP contribution in [0.1, 0.15) is 0 Å². The maximum atomic E-state index is 3.42. The van der Waals surface area contributed by atoms with Gasteiger partial charge in [0.15, 0.2) is 0 Å². The second kappa shape index (κ2) is 2.11. The zero-order valence-corrected chi connectivity index (χ0v) is 5.90. The van der Waals surface area contributed by atoms with E-state index in [2.05, 4.69) is 33.2 Å². The van der Waals surface area contributed by atoms with Crippen molar-refractivity contribution >= 4 is 15.9 Å². The highest BCUT2D eigenvalue weighted by Crippen LogP contribution is 2.04. The maximum absolute atomic E-state index is 3.42. The molecular weight excluding hydrogens is 156 g/mol. The van der Waals surface area contributed by atoms with Crippen LogP contribution in [0.25, 0.3) is 0 Å². The molecule has 1 N–H and O–H groups in total. The Hall–Kier alpha value is 0.400. The second-order valence-corrected chi connectivity index (χ2v) is 2.64. The molecule has 1 atom stereocenters. The van der Waals surface area contributed by atoms with E-state index in [-0.39, 0.29) is 0 Å². The Bertz CT molecular complexity index is 58.7. The summed E-state index contributed by atoms with van der Waals surface area (Å²) in [5, 5.41) is 3.62. The third kappa shape index (κ3) is 1.15. The first-order chi connectivity index (χ1) is 3.30. The van der Waals surface area contributed by atoms with Crippen LogP contribution in [-0.4, -0.2) is 30.1 Å². The fourth-order valence-corrected chi connectivity index (χ4v) is 1.06. The van der Waals surface area contributed by atoms with Gasteiger partial charge >= 0.3 is 0 Å². The van der Waals surface area contributed by atoms with Gasteiger partial charge in [-0.2, -0.15) is 0 Å². The Morgan fingerprint density at radius 2 is 2.57 bits per heavy atom. The molecule has 1 aliphatic rings. The molecule has 0 bridgehead atoms. The fraction of sp³-hybridized carbons (Fsp3) is 1.00. The minimum Gasteiger partial charge on any atom is -0.291 e. The van der Waals surface area contributed by atoms with E-state index >= 15 is 0 Å². The molecule has 0 spiro atoms. The number of rotatable bonds is 0. The SMILES string of the molecule is CN1CCNC1Br. The van der Waals surface area contributed by atoms with Crippen molar-refractivity contribution in [2.24, 2.45) is 0 Å². The molecular formula is C4H9BrN2. The summed E-state index contributed by atoms with van der Waals surface area (Å²) in [6.07, 6.45) is 0. The summed E-state index contributed by atoms with van der Waals surface area (Å²) < 4.78 is 0. The normalized spacial score (nSPS) is 34.3. The molecule has 0 aromatic heterocycles. The number of hydrogen-bond donors (Lipinski definition) is 1. The molecule has 1 rings (SSSR count). The van der Waals surface area contributed by atoms with Crippen molar-refractivity contribution in [2.75, 3.05) is 20.1 Å². The van der Waals surface area contributed by atoms with Gasteiger partial charge in [0.2, 0.25) is 0 Å². The molecule has 3 heteroatoms. The van der Waals surface area contributed by atoms with Gasteiger partial charge in [-0.3, -0.25) is 10.2 Å². The molecule has 0 aromatic carbocycles. The van der Waals surface area contributed by atoms with Crippen LogP contribution >= 0.6 is 15.9 Å². The first kappa shape index (κ1) is 5.54. The van der Waals surface area contributed by atoms with E-state index in [1.165, 1.54) is 0 Å². The summed E-state index contributed by atoms with van der Waals surface area (Å²) in [6, 6.07) is 0. The molecule has 2 nitrogen and oxygen atoms in total. The van der Waals surface area contributed by atoms with E-state index in [1.54, 1.807) is 0 Å². The highest BCUT2D eigenvalue weighted by Gasteiger charge is 2.14. The summed E-state index contributed by atoms with van der Waals surface area (Å²) in [4.78, 5) is 2.21. The molecule has 1 aliphatic heterocycles. The van der Waals surface area contributed by atoms with Gasteiger partial charge in [-0.15, -0.1) is 0 Å². The van der Waals surface area contributed by atoms with Crippen LogP contribution in [0.15, 0.2) is 0 Å². The van der Waals surface area contributed by atoms with Gasteiger partial charge < -0.3 is 0 Å². The summed E-state index contributed by atoms with van der Waals surface area (Å²) in [7, 11) is 2.08. The lowest BCUT2D eigenvalue weighted by molar-refractivity contribution is 0.388. The van der Waals surface area contributed by atoms with Gasteiger partial charge in [0.1, 0.15) is 5.08 Å². The lowest BCUT2D eigenvalue weighted by atomic mass is 10.7. The molecule has 1 saturated heterocycles. The lowest BCUT2D eigenvalue weighted by Gasteiger charge is -2.09. The van der Waals surface area contributed by atoms with Crippen molar-refractivity contribution in [3.05, 3.63) is 0 Å². The summed E-state index contributed by atoms with van der Waals surface area (Å²) in [5.41, 5.74) is 0. The Kier molecular flexibility index (Phi) is 1.67. The van der Waals surface area contributed by atoms with Crippen molar-refractivity contribution in [3.8, 4) is 0 Å². The van der Waals surface area contributed by atoms with E-state index in [1.807, 2.05) is 0 Å². The van der Waals surface area contributed by atoms with Crippen LogP contribution in [0.2, 0.25) is 0 Å². The summed E-state index contributed by atoms with van der Waals surface area (Å²) in [5.74, 6) is 0. The van der Waals surface area contributed by atoms with Gasteiger partial charge in [-0.05, 0) is 7.05 Å². The Labute approximate surface area is 52.0 Å². The zero-order valence-electron chi connectivity index (χ0n) is 4.32. The van der Waals surface area contributed by atoms with Crippen LogP contribution in [0, 0.1) is 0 Å². The van der Waals surface area contributed by atoms with Crippen molar-refractivity contribution in [1.29, 1.82) is 0 Å². The maximum Gasteiger partial charge on any atom is 0.117 e. The van der Waals surface area contributed by atoms with Crippen molar-refractivity contribution < 1.29 is 0 Å². The van der Waals surface area contributed by atoms with E-state index in [0.29, 0.717) is 5.08 Å². The minimum atomic E-state index is 0.410. The van der Waals surface area contributed by atoms with E-state index in [9.17, 15) is 0 Å². The molecule has 42 valence electrons. The number of alkyl halides is 1. The summed E-state index contributed by atoms with van der Waals surface area (Å²) >= 11 is 3.42. The van der Waals surface area contributed by atoms with E-state index in [4.69, 9.17) is 0 Å². The predicted octanol–water partition coefficient (Wildman–Crippen LogP) is 0.200. The summed E-state index contributed by atoms with van der Waals surface area (Å²) in [6.45, 7) is 2.25. The number of hydrogen-bond acceptors (Lipinski definition) is 2. The van der Waals surface area contributed by atoms with Gasteiger partial charge in [-0.25, -0.2) is 0 Å². The fourth-order valence-electron chi connectivity index (χ4n) is 0.629. The monoisotopic (exact) mass is 164 g/mol. The third-order valence-corrected chi connectivity index (χ3v) is 2.19. The van der Waals surface area contributed by atoms with Crippen LogP contribution in [0.3, 0.4) is 0 Å². The number of nitrogens with zero attached hydrogens (tertiary/aromatic N) is 1. The number of nitrogens with one attached hydrogen (secondary N) is 1. The number of halogens is 1. The van der Waals surface area contributed by atoms with Gasteiger partial charge in [0, 0.05) is 13.1 Å². The molecule has 1 fully saturated rings. The van der Waals surface area contributed by atoms with Gasteiger partial charge in [0.25, 0.3) is 0 Å². The molecule has 0 radical (unpaired) electrons. The van der Waals surface area contributed by atoms with Gasteiger partial charge in [0.05, 0.1) is 0 Å². The van der Waals surface area contributed by atoms with Crippen molar-refractivity contribution in [3.63, 3.8) is 0 Å². The highest BCUT2D eigenvalue weighted by molar-refractivity contribution is 9.09. The average Bonchev–Trinajstić information content (AvgIpc) is 1.91. The van der Waals surface area contributed by atoms with Gasteiger partial charge in [-0.1, -0.05) is 15.9 Å². The molecule has 7 heavy (non-hydrogen) atoms. The van der Waals surface area contributed by atoms with Crippen LogP contribution in [-0.2, 0) is 0 Å². The first-order valence-corrected chi connectivity index (χ1v) is 3.30. The number of likely N-dealkylation sites (N-methyl/N-ethyl adjacent to an activating group) is 1. The lowest BCUT2D eigenvalue weighted by Crippen LogP contribution is -2.25. The zero-order chi connectivity index (χ0) is 5.28. The van der Waals surface area contributed by atoms with Crippen molar-refractivity contribution in [2.45, 2.75) is 5.08 Å². The van der Waals surface area contributed by atoms with Crippen LogP contribution in [0.4, 0.5) is 0 Å². The average molecular weight is 165 g/mol. The Balaban J connectivity index is 2.33. The van der Waals surface area contributed by atoms with Crippen molar-refractivity contribution in [1.82, 2.24) is 10.2 Å². The highest BCUT2D eigenvalue weighted by atomic mass is 79.9.